The van der Waals surface area contributed by atoms with Crippen molar-refractivity contribution in [2.45, 2.75) is 24.6 Å². The van der Waals surface area contributed by atoms with E-state index < -0.39 is 36.0 Å². The summed E-state index contributed by atoms with van der Waals surface area (Å²) >= 11 is 6.12. The fourth-order valence-electron chi connectivity index (χ4n) is 3.31. The van der Waals surface area contributed by atoms with E-state index in [0.29, 0.717) is 21.7 Å². The normalized spacial score (nSPS) is 13.4. The number of aliphatic carboxylic acids is 1. The third kappa shape index (κ3) is 6.41. The van der Waals surface area contributed by atoms with Gasteiger partial charge in [-0.2, -0.15) is 0 Å². The predicted octanol–water partition coefficient (Wildman–Crippen LogP) is 2.98. The van der Waals surface area contributed by atoms with Gasteiger partial charge in [0.15, 0.2) is 6.10 Å². The number of nitrogens with one attached hydrogen (secondary N) is 2. The van der Waals surface area contributed by atoms with Crippen LogP contribution in [0, 0.1) is 0 Å². The van der Waals surface area contributed by atoms with Crippen LogP contribution >= 0.6 is 11.6 Å². The van der Waals surface area contributed by atoms with Gasteiger partial charge in [-0.1, -0.05) is 78.3 Å². The van der Waals surface area contributed by atoms with Gasteiger partial charge in [0.25, 0.3) is 11.8 Å². The first kappa shape index (κ1) is 24.0. The zero-order valence-corrected chi connectivity index (χ0v) is 18.3. The molecule has 0 aromatic heterocycles. The molecule has 33 heavy (non-hydrogen) atoms. The van der Waals surface area contributed by atoms with Gasteiger partial charge in [-0.05, 0) is 29.3 Å². The predicted molar refractivity (Wildman–Crippen MR) is 124 cm³/mol. The SMILES string of the molecule is O=C(N[C@@H](c1ccccc1)[C@@H](O)C(=O)N[C@@H](Cc1ccccc1Cl)C(=O)O)c1ccccc1. The molecule has 0 aliphatic carbocycles. The Hall–Kier alpha value is -3.68. The molecule has 170 valence electrons. The molecular formula is C25H23ClN2O5. The van der Waals surface area contributed by atoms with E-state index in [2.05, 4.69) is 10.6 Å². The standard InChI is InChI=1S/C25H23ClN2O5/c26-19-14-8-7-13-18(19)15-20(25(32)33)27-24(31)22(29)21(16-9-3-1-4-10-16)28-23(30)17-11-5-2-6-12-17/h1-14,20-22,29H,15H2,(H,27,31)(H,28,30)(H,32,33)/t20-,21-,22+/m0/s1. The van der Waals surface area contributed by atoms with Crippen molar-refractivity contribution < 1.29 is 24.6 Å². The van der Waals surface area contributed by atoms with Gasteiger partial charge < -0.3 is 20.8 Å². The molecule has 0 fully saturated rings. The molecule has 2 amide bonds. The summed E-state index contributed by atoms with van der Waals surface area (Å²) in [7, 11) is 0. The van der Waals surface area contributed by atoms with Crippen LogP contribution in [0.1, 0.15) is 27.5 Å². The molecule has 0 bridgehead atoms. The first-order valence-corrected chi connectivity index (χ1v) is 10.6. The van der Waals surface area contributed by atoms with E-state index in [1.54, 1.807) is 84.9 Å². The molecule has 3 rings (SSSR count). The number of aliphatic hydroxyl groups excluding tert-OH is 1. The van der Waals surface area contributed by atoms with E-state index in [1.165, 1.54) is 0 Å². The number of carboxylic acid groups (broad SMARTS) is 1. The number of rotatable bonds is 9. The van der Waals surface area contributed by atoms with Crippen molar-refractivity contribution in [2.24, 2.45) is 0 Å². The largest absolute Gasteiger partial charge is 0.480 e. The highest BCUT2D eigenvalue weighted by atomic mass is 35.5. The lowest BCUT2D eigenvalue weighted by Gasteiger charge is -2.25. The minimum atomic E-state index is -1.74. The van der Waals surface area contributed by atoms with Gasteiger partial charge in [-0.3, -0.25) is 9.59 Å². The average molecular weight is 467 g/mol. The van der Waals surface area contributed by atoms with Crippen molar-refractivity contribution >= 4 is 29.4 Å². The van der Waals surface area contributed by atoms with Crippen molar-refractivity contribution in [1.29, 1.82) is 0 Å². The van der Waals surface area contributed by atoms with Crippen LogP contribution in [0.4, 0.5) is 0 Å². The average Bonchev–Trinajstić information content (AvgIpc) is 2.83. The lowest BCUT2D eigenvalue weighted by atomic mass is 9.99. The fraction of sp³-hybridized carbons (Fsp3) is 0.160. The summed E-state index contributed by atoms with van der Waals surface area (Å²) in [5, 5.41) is 25.8. The Morgan fingerprint density at radius 3 is 2.00 bits per heavy atom. The summed E-state index contributed by atoms with van der Waals surface area (Å²) in [5.74, 6) is -2.70. The van der Waals surface area contributed by atoms with Gasteiger partial charge >= 0.3 is 5.97 Å². The molecule has 0 radical (unpaired) electrons. The highest BCUT2D eigenvalue weighted by Crippen LogP contribution is 2.20. The second-order valence-corrected chi connectivity index (χ2v) is 7.77. The first-order valence-electron chi connectivity index (χ1n) is 10.2. The van der Waals surface area contributed by atoms with Crippen LogP contribution in [0.5, 0.6) is 0 Å². The molecular weight excluding hydrogens is 444 g/mol. The van der Waals surface area contributed by atoms with Gasteiger partial charge in [-0.25, -0.2) is 4.79 Å². The lowest BCUT2D eigenvalue weighted by molar-refractivity contribution is -0.143. The van der Waals surface area contributed by atoms with Crippen LogP contribution in [0.25, 0.3) is 0 Å². The molecule has 4 N–H and O–H groups in total. The molecule has 3 aromatic rings. The monoisotopic (exact) mass is 466 g/mol. The van der Waals surface area contributed by atoms with Crippen LogP contribution < -0.4 is 10.6 Å². The third-order valence-corrected chi connectivity index (χ3v) is 5.43. The molecule has 0 spiro atoms. The number of hydrogen-bond acceptors (Lipinski definition) is 4. The second kappa shape index (κ2) is 11.3. The zero-order chi connectivity index (χ0) is 23.8. The van der Waals surface area contributed by atoms with Crippen LogP contribution in [0.15, 0.2) is 84.9 Å². The maximum Gasteiger partial charge on any atom is 0.326 e. The molecule has 7 nitrogen and oxygen atoms in total. The van der Waals surface area contributed by atoms with Gasteiger partial charge in [-0.15, -0.1) is 0 Å². The number of benzene rings is 3. The lowest BCUT2D eigenvalue weighted by Crippen LogP contribution is -2.50. The number of aliphatic hydroxyl groups is 1. The van der Waals surface area contributed by atoms with Crippen molar-refractivity contribution in [1.82, 2.24) is 10.6 Å². The number of halogens is 1. The Balaban J connectivity index is 1.79. The van der Waals surface area contributed by atoms with E-state index in [-0.39, 0.29) is 6.42 Å². The highest BCUT2D eigenvalue weighted by Gasteiger charge is 2.32. The van der Waals surface area contributed by atoms with Gasteiger partial charge in [0.1, 0.15) is 6.04 Å². The summed E-state index contributed by atoms with van der Waals surface area (Å²) in [6, 6.07) is 21.1. The molecule has 0 unspecified atom stereocenters. The van der Waals surface area contributed by atoms with Crippen molar-refractivity contribution in [3.05, 3.63) is 107 Å². The molecule has 0 aliphatic heterocycles. The smallest absolute Gasteiger partial charge is 0.326 e. The Labute approximate surface area is 196 Å². The maximum atomic E-state index is 12.9. The second-order valence-electron chi connectivity index (χ2n) is 7.37. The van der Waals surface area contributed by atoms with E-state index in [0.717, 1.165) is 0 Å². The van der Waals surface area contributed by atoms with Gasteiger partial charge in [0.05, 0.1) is 6.04 Å². The van der Waals surface area contributed by atoms with E-state index in [4.69, 9.17) is 11.6 Å². The molecule has 0 aliphatic rings. The first-order chi connectivity index (χ1) is 15.9. The maximum absolute atomic E-state index is 12.9. The van der Waals surface area contributed by atoms with E-state index in [9.17, 15) is 24.6 Å². The third-order valence-electron chi connectivity index (χ3n) is 5.06. The summed E-state index contributed by atoms with van der Waals surface area (Å²) < 4.78 is 0. The number of hydrogen-bond donors (Lipinski definition) is 4. The number of carboxylic acids is 1. The molecule has 8 heteroatoms. The number of carbonyl (C=O) groups excluding carboxylic acids is 2. The highest BCUT2D eigenvalue weighted by molar-refractivity contribution is 6.31. The summed E-state index contributed by atoms with van der Waals surface area (Å²) in [5.41, 5.74) is 1.38. The molecule has 3 atom stereocenters. The van der Waals surface area contributed by atoms with Crippen molar-refractivity contribution in [2.75, 3.05) is 0 Å². The van der Waals surface area contributed by atoms with Crippen LogP contribution in [-0.2, 0) is 16.0 Å². The Morgan fingerprint density at radius 1 is 0.818 bits per heavy atom. The van der Waals surface area contributed by atoms with E-state index in [1.807, 2.05) is 0 Å². The Kier molecular flexibility index (Phi) is 8.18. The van der Waals surface area contributed by atoms with Gasteiger partial charge in [0.2, 0.25) is 0 Å². The summed E-state index contributed by atoms with van der Waals surface area (Å²) in [4.78, 5) is 37.3. The molecule has 0 saturated carbocycles. The van der Waals surface area contributed by atoms with E-state index >= 15 is 0 Å². The van der Waals surface area contributed by atoms with Crippen molar-refractivity contribution in [3.63, 3.8) is 0 Å². The quantitative estimate of drug-likeness (QED) is 0.387. The summed E-state index contributed by atoms with van der Waals surface area (Å²) in [6.45, 7) is 0. The number of carbonyl (C=O) groups is 3. The Morgan fingerprint density at radius 2 is 1.39 bits per heavy atom. The topological polar surface area (TPSA) is 116 Å². The van der Waals surface area contributed by atoms with Crippen LogP contribution in [-0.4, -0.2) is 40.1 Å². The van der Waals surface area contributed by atoms with Crippen molar-refractivity contribution in [3.8, 4) is 0 Å². The van der Waals surface area contributed by atoms with Crippen LogP contribution in [0.2, 0.25) is 5.02 Å². The minimum Gasteiger partial charge on any atom is -0.480 e. The molecule has 0 saturated heterocycles. The molecule has 3 aromatic carbocycles. The summed E-state index contributed by atoms with van der Waals surface area (Å²) in [6.07, 6.45) is -1.81. The number of amides is 2. The molecule has 0 heterocycles. The Bertz CT molecular complexity index is 1110. The minimum absolute atomic E-state index is 0.0696. The fourth-order valence-corrected chi connectivity index (χ4v) is 3.52. The zero-order valence-electron chi connectivity index (χ0n) is 17.5. The van der Waals surface area contributed by atoms with Crippen LogP contribution in [0.3, 0.4) is 0 Å². The van der Waals surface area contributed by atoms with Gasteiger partial charge in [0, 0.05) is 17.0 Å².